The third kappa shape index (κ3) is 1.43. The monoisotopic (exact) mass is 216 g/mol. The van der Waals surface area contributed by atoms with E-state index in [1.165, 1.54) is 4.70 Å². The lowest BCUT2D eigenvalue weighted by Gasteiger charge is -1.84. The van der Waals surface area contributed by atoms with E-state index < -0.39 is 0 Å². The summed E-state index contributed by atoms with van der Waals surface area (Å²) in [5.41, 5.74) is 1.01. The minimum atomic E-state index is 0.671. The number of oxazole rings is 1. The van der Waals surface area contributed by atoms with Crippen LogP contribution in [0.3, 0.4) is 0 Å². The number of aryl methyl sites for hydroxylation is 1. The van der Waals surface area contributed by atoms with Crippen LogP contribution in [0.25, 0.3) is 21.0 Å². The van der Waals surface area contributed by atoms with E-state index in [4.69, 9.17) is 4.42 Å². The standard InChI is InChI=1S/C11H8N2OS/c1-7-12-6-9(14-7)11-13-8-4-2-3-5-10(8)15-11/h2-6H,1H3. The highest BCUT2D eigenvalue weighted by Crippen LogP contribution is 2.29. The maximum atomic E-state index is 5.44. The summed E-state index contributed by atoms with van der Waals surface area (Å²) in [5.74, 6) is 1.41. The summed E-state index contributed by atoms with van der Waals surface area (Å²) in [6.07, 6.45) is 1.72. The van der Waals surface area contributed by atoms with Crippen LogP contribution in [0, 0.1) is 6.92 Å². The first-order chi connectivity index (χ1) is 7.33. The smallest absolute Gasteiger partial charge is 0.191 e. The van der Waals surface area contributed by atoms with Gasteiger partial charge in [0.2, 0.25) is 0 Å². The third-order valence-electron chi connectivity index (χ3n) is 2.13. The van der Waals surface area contributed by atoms with Crippen molar-refractivity contribution in [1.29, 1.82) is 0 Å². The Bertz CT molecular complexity index is 579. The molecule has 0 spiro atoms. The first-order valence-corrected chi connectivity index (χ1v) is 5.43. The minimum absolute atomic E-state index is 0.671. The molecule has 0 amide bonds. The maximum Gasteiger partial charge on any atom is 0.191 e. The molecule has 0 unspecified atom stereocenters. The number of aromatic nitrogens is 2. The molecular formula is C11H8N2OS. The van der Waals surface area contributed by atoms with E-state index in [2.05, 4.69) is 16.0 Å². The van der Waals surface area contributed by atoms with E-state index in [-0.39, 0.29) is 0 Å². The highest BCUT2D eigenvalue weighted by molar-refractivity contribution is 7.21. The van der Waals surface area contributed by atoms with Gasteiger partial charge in [0.1, 0.15) is 0 Å². The van der Waals surface area contributed by atoms with Gasteiger partial charge in [0.05, 0.1) is 16.4 Å². The number of hydrogen-bond donors (Lipinski definition) is 0. The number of hydrogen-bond acceptors (Lipinski definition) is 4. The molecule has 0 bridgehead atoms. The number of benzene rings is 1. The second-order valence-electron chi connectivity index (χ2n) is 3.23. The molecule has 74 valence electrons. The van der Waals surface area contributed by atoms with Crippen molar-refractivity contribution in [2.45, 2.75) is 6.92 Å². The van der Waals surface area contributed by atoms with Crippen molar-refractivity contribution in [2.75, 3.05) is 0 Å². The summed E-state index contributed by atoms with van der Waals surface area (Å²) in [7, 11) is 0. The molecule has 0 fully saturated rings. The van der Waals surface area contributed by atoms with E-state index in [0.717, 1.165) is 16.3 Å². The third-order valence-corrected chi connectivity index (χ3v) is 3.18. The molecule has 1 aromatic carbocycles. The molecule has 2 aromatic heterocycles. The van der Waals surface area contributed by atoms with Gasteiger partial charge in [-0.25, -0.2) is 9.97 Å². The molecule has 4 heteroatoms. The molecular weight excluding hydrogens is 208 g/mol. The van der Waals surface area contributed by atoms with Gasteiger partial charge in [-0.1, -0.05) is 12.1 Å². The van der Waals surface area contributed by atoms with Crippen molar-refractivity contribution >= 4 is 21.6 Å². The van der Waals surface area contributed by atoms with Crippen molar-refractivity contribution in [2.24, 2.45) is 0 Å². The predicted octanol–water partition coefficient (Wildman–Crippen LogP) is 3.26. The lowest BCUT2D eigenvalue weighted by atomic mass is 10.3. The molecule has 0 saturated heterocycles. The second kappa shape index (κ2) is 3.17. The first kappa shape index (κ1) is 8.61. The summed E-state index contributed by atoms with van der Waals surface area (Å²) < 4.78 is 6.60. The van der Waals surface area contributed by atoms with Gasteiger partial charge in [-0.3, -0.25) is 0 Å². The van der Waals surface area contributed by atoms with Crippen LogP contribution in [0.5, 0.6) is 0 Å². The number of nitrogens with zero attached hydrogens (tertiary/aromatic N) is 2. The van der Waals surface area contributed by atoms with Crippen LogP contribution >= 0.6 is 11.3 Å². The normalized spacial score (nSPS) is 11.0. The van der Waals surface area contributed by atoms with Crippen molar-refractivity contribution in [1.82, 2.24) is 9.97 Å². The molecule has 0 radical (unpaired) electrons. The fourth-order valence-electron chi connectivity index (χ4n) is 1.44. The zero-order valence-electron chi connectivity index (χ0n) is 8.10. The van der Waals surface area contributed by atoms with Crippen LogP contribution in [0.2, 0.25) is 0 Å². The van der Waals surface area contributed by atoms with Gasteiger partial charge in [0.15, 0.2) is 16.7 Å². The zero-order chi connectivity index (χ0) is 10.3. The molecule has 3 aromatic rings. The molecule has 0 atom stereocenters. The summed E-state index contributed by atoms with van der Waals surface area (Å²) >= 11 is 1.62. The van der Waals surface area contributed by atoms with E-state index in [9.17, 15) is 0 Å². The van der Waals surface area contributed by atoms with Crippen LogP contribution in [-0.4, -0.2) is 9.97 Å². The Morgan fingerprint density at radius 1 is 1.27 bits per heavy atom. The number of para-hydroxylation sites is 1. The average Bonchev–Trinajstić information content (AvgIpc) is 2.82. The fourth-order valence-corrected chi connectivity index (χ4v) is 2.35. The Hall–Kier alpha value is -1.68. The van der Waals surface area contributed by atoms with Crippen LogP contribution < -0.4 is 0 Å². The Balaban J connectivity index is 2.19. The largest absolute Gasteiger partial charge is 0.439 e. The number of thiazole rings is 1. The van der Waals surface area contributed by atoms with Gasteiger partial charge in [0.25, 0.3) is 0 Å². The Morgan fingerprint density at radius 2 is 2.13 bits per heavy atom. The molecule has 0 saturated carbocycles. The Morgan fingerprint density at radius 3 is 2.87 bits per heavy atom. The van der Waals surface area contributed by atoms with Crippen molar-refractivity contribution in [3.63, 3.8) is 0 Å². The van der Waals surface area contributed by atoms with Crippen LogP contribution in [0.4, 0.5) is 0 Å². The molecule has 2 heterocycles. The topological polar surface area (TPSA) is 38.9 Å². The molecule has 0 aliphatic heterocycles. The quantitative estimate of drug-likeness (QED) is 0.626. The predicted molar refractivity (Wildman–Crippen MR) is 59.9 cm³/mol. The molecule has 3 rings (SSSR count). The highest BCUT2D eigenvalue weighted by Gasteiger charge is 2.09. The summed E-state index contributed by atoms with van der Waals surface area (Å²) in [6.45, 7) is 1.83. The van der Waals surface area contributed by atoms with Crippen molar-refractivity contribution in [3.8, 4) is 10.8 Å². The molecule has 0 N–H and O–H groups in total. The average molecular weight is 216 g/mol. The number of rotatable bonds is 1. The second-order valence-corrected chi connectivity index (χ2v) is 4.26. The van der Waals surface area contributed by atoms with Crippen LogP contribution in [0.15, 0.2) is 34.9 Å². The van der Waals surface area contributed by atoms with E-state index in [1.807, 2.05) is 25.1 Å². The van der Waals surface area contributed by atoms with Gasteiger partial charge in [0, 0.05) is 6.92 Å². The van der Waals surface area contributed by atoms with Gasteiger partial charge in [-0.05, 0) is 12.1 Å². The van der Waals surface area contributed by atoms with Crippen molar-refractivity contribution < 1.29 is 4.42 Å². The van der Waals surface area contributed by atoms with Gasteiger partial charge in [-0.2, -0.15) is 0 Å². The molecule has 3 nitrogen and oxygen atoms in total. The molecule has 0 aliphatic carbocycles. The van der Waals surface area contributed by atoms with Crippen molar-refractivity contribution in [3.05, 3.63) is 36.4 Å². The SMILES string of the molecule is Cc1ncc(-c2nc3ccccc3s2)o1. The van der Waals surface area contributed by atoms with Crippen LogP contribution in [-0.2, 0) is 0 Å². The zero-order valence-corrected chi connectivity index (χ0v) is 8.91. The molecule has 0 aliphatic rings. The van der Waals surface area contributed by atoms with Gasteiger partial charge >= 0.3 is 0 Å². The summed E-state index contributed by atoms with van der Waals surface area (Å²) in [4.78, 5) is 8.54. The first-order valence-electron chi connectivity index (χ1n) is 4.61. The number of fused-ring (bicyclic) bond motifs is 1. The summed E-state index contributed by atoms with van der Waals surface area (Å²) in [6, 6.07) is 8.05. The Labute approximate surface area is 90.4 Å². The summed E-state index contributed by atoms with van der Waals surface area (Å²) in [5, 5.41) is 0.886. The van der Waals surface area contributed by atoms with E-state index >= 15 is 0 Å². The minimum Gasteiger partial charge on any atom is -0.439 e. The fraction of sp³-hybridized carbons (Fsp3) is 0.0909. The lowest BCUT2D eigenvalue weighted by Crippen LogP contribution is -1.69. The van der Waals surface area contributed by atoms with Gasteiger partial charge in [-0.15, -0.1) is 11.3 Å². The highest BCUT2D eigenvalue weighted by atomic mass is 32.1. The van der Waals surface area contributed by atoms with E-state index in [1.54, 1.807) is 17.5 Å². The van der Waals surface area contributed by atoms with E-state index in [0.29, 0.717) is 5.89 Å². The maximum absolute atomic E-state index is 5.44. The van der Waals surface area contributed by atoms with Crippen LogP contribution in [0.1, 0.15) is 5.89 Å². The van der Waals surface area contributed by atoms with Gasteiger partial charge < -0.3 is 4.42 Å². The lowest BCUT2D eigenvalue weighted by molar-refractivity contribution is 0.534. The Kier molecular flexibility index (Phi) is 1.82. The molecule has 15 heavy (non-hydrogen) atoms.